The Kier molecular flexibility index (Phi) is 8.47. The highest BCUT2D eigenvalue weighted by Gasteiger charge is 2.16. The molecule has 3 aromatic carbocycles. The zero-order valence-electron chi connectivity index (χ0n) is 18.9. The van der Waals surface area contributed by atoms with E-state index in [1.165, 1.54) is 4.68 Å². The van der Waals surface area contributed by atoms with Gasteiger partial charge in [0, 0.05) is 14.9 Å². The van der Waals surface area contributed by atoms with Crippen LogP contribution in [0.25, 0.3) is 10.9 Å². The standard InChI is InChI=1S/C26H21Br3ClN3O2/c1-3-15(2)25-32-23-9-8-19(28)12-20(23)26(34)33(25)31-13-17-10-21(29)24(22(30)11-17)35-14-16-4-6-18(27)7-5-16/h4-13,15H,3,14H2,1-2H3/t15-/m0/s1. The van der Waals surface area contributed by atoms with Gasteiger partial charge in [0.25, 0.3) is 5.56 Å². The van der Waals surface area contributed by atoms with E-state index in [2.05, 4.69) is 59.8 Å². The summed E-state index contributed by atoms with van der Waals surface area (Å²) in [4.78, 5) is 18.0. The molecule has 1 heterocycles. The molecule has 1 aromatic heterocycles. The molecule has 0 fully saturated rings. The Balaban J connectivity index is 1.66. The van der Waals surface area contributed by atoms with Crippen molar-refractivity contribution in [2.24, 2.45) is 5.10 Å². The van der Waals surface area contributed by atoms with Crippen LogP contribution in [0.3, 0.4) is 0 Å². The molecule has 0 amide bonds. The van der Waals surface area contributed by atoms with Crippen molar-refractivity contribution in [2.75, 3.05) is 0 Å². The van der Waals surface area contributed by atoms with Crippen molar-refractivity contribution in [1.29, 1.82) is 0 Å². The Bertz CT molecular complexity index is 1450. The minimum atomic E-state index is -0.220. The maximum Gasteiger partial charge on any atom is 0.282 e. The minimum Gasteiger partial charge on any atom is -0.486 e. The molecule has 0 saturated carbocycles. The summed E-state index contributed by atoms with van der Waals surface area (Å²) in [7, 11) is 0. The Morgan fingerprint density at radius 1 is 1.09 bits per heavy atom. The van der Waals surface area contributed by atoms with Crippen molar-refractivity contribution >= 4 is 76.5 Å². The summed E-state index contributed by atoms with van der Waals surface area (Å²) >= 11 is 16.9. The van der Waals surface area contributed by atoms with Gasteiger partial charge in [0.15, 0.2) is 5.75 Å². The van der Waals surface area contributed by atoms with Gasteiger partial charge < -0.3 is 4.74 Å². The fraction of sp³-hybridized carbons (Fsp3) is 0.192. The van der Waals surface area contributed by atoms with E-state index in [9.17, 15) is 4.79 Å². The first-order valence-corrected chi connectivity index (χ1v) is 13.7. The highest BCUT2D eigenvalue weighted by atomic mass is 79.9. The van der Waals surface area contributed by atoms with Gasteiger partial charge in [0.2, 0.25) is 0 Å². The maximum atomic E-state index is 13.3. The number of nitrogens with zero attached hydrogens (tertiary/aromatic N) is 3. The summed E-state index contributed by atoms with van der Waals surface area (Å²) in [5, 5.41) is 5.45. The van der Waals surface area contributed by atoms with Crippen molar-refractivity contribution in [3.8, 4) is 5.75 Å². The molecule has 0 radical (unpaired) electrons. The molecule has 0 bridgehead atoms. The lowest BCUT2D eigenvalue weighted by molar-refractivity contribution is 0.304. The molecule has 0 saturated heterocycles. The number of rotatable bonds is 7. The Morgan fingerprint density at radius 2 is 1.80 bits per heavy atom. The highest BCUT2D eigenvalue weighted by molar-refractivity contribution is 9.11. The number of hydrogen-bond acceptors (Lipinski definition) is 4. The fourth-order valence-electron chi connectivity index (χ4n) is 3.43. The molecule has 0 unspecified atom stereocenters. The average molecular weight is 683 g/mol. The van der Waals surface area contributed by atoms with Gasteiger partial charge in [-0.25, -0.2) is 4.98 Å². The smallest absolute Gasteiger partial charge is 0.282 e. The lowest BCUT2D eigenvalue weighted by atomic mass is 10.1. The first kappa shape index (κ1) is 26.1. The molecule has 4 aromatic rings. The van der Waals surface area contributed by atoms with Crippen LogP contribution >= 0.6 is 59.4 Å². The molecular weight excluding hydrogens is 661 g/mol. The van der Waals surface area contributed by atoms with E-state index >= 15 is 0 Å². The molecule has 4 rings (SSSR count). The van der Waals surface area contributed by atoms with E-state index in [-0.39, 0.29) is 11.5 Å². The van der Waals surface area contributed by atoms with Crippen LogP contribution in [0.2, 0.25) is 5.02 Å². The summed E-state index contributed by atoms with van der Waals surface area (Å²) in [6, 6.07) is 17.0. The van der Waals surface area contributed by atoms with E-state index in [4.69, 9.17) is 21.3 Å². The third-order valence-corrected chi connectivity index (χ3v) is 7.42. The Morgan fingerprint density at radius 3 is 2.49 bits per heavy atom. The first-order chi connectivity index (χ1) is 16.8. The van der Waals surface area contributed by atoms with Crippen LogP contribution in [-0.4, -0.2) is 15.9 Å². The van der Waals surface area contributed by atoms with Gasteiger partial charge in [-0.15, -0.1) is 0 Å². The van der Waals surface area contributed by atoms with Crippen molar-refractivity contribution < 1.29 is 4.74 Å². The minimum absolute atomic E-state index is 0.0533. The number of aromatic nitrogens is 2. The number of hydrogen-bond donors (Lipinski definition) is 0. The van der Waals surface area contributed by atoms with Gasteiger partial charge >= 0.3 is 0 Å². The molecule has 0 N–H and O–H groups in total. The number of halogens is 4. The predicted molar refractivity (Wildman–Crippen MR) is 153 cm³/mol. The summed E-state index contributed by atoms with van der Waals surface area (Å²) in [5.41, 5.74) is 2.17. The third kappa shape index (κ3) is 6.05. The van der Waals surface area contributed by atoms with Gasteiger partial charge in [-0.2, -0.15) is 9.78 Å². The molecule has 0 aliphatic carbocycles. The van der Waals surface area contributed by atoms with Crippen LogP contribution in [0.15, 0.2) is 77.9 Å². The molecule has 180 valence electrons. The lowest BCUT2D eigenvalue weighted by Gasteiger charge is -2.14. The topological polar surface area (TPSA) is 56.5 Å². The van der Waals surface area contributed by atoms with Gasteiger partial charge in [0.05, 0.1) is 26.6 Å². The van der Waals surface area contributed by atoms with Crippen LogP contribution in [0.5, 0.6) is 5.75 Å². The second kappa shape index (κ2) is 11.4. The number of ether oxygens (including phenoxy) is 1. The Hall–Kier alpha value is -2.00. The van der Waals surface area contributed by atoms with Crippen molar-refractivity contribution in [1.82, 2.24) is 9.66 Å². The summed E-state index contributed by atoms with van der Waals surface area (Å²) < 4.78 is 9.84. The molecular formula is C26H21Br3ClN3O2. The second-order valence-electron chi connectivity index (χ2n) is 8.03. The van der Waals surface area contributed by atoms with Gasteiger partial charge in [-0.1, -0.05) is 69.4 Å². The van der Waals surface area contributed by atoms with E-state index in [1.54, 1.807) is 18.3 Å². The van der Waals surface area contributed by atoms with Crippen LogP contribution in [0.1, 0.15) is 43.1 Å². The van der Waals surface area contributed by atoms with Crippen LogP contribution < -0.4 is 10.3 Å². The molecule has 0 aliphatic heterocycles. The zero-order valence-corrected chi connectivity index (χ0v) is 24.4. The molecule has 35 heavy (non-hydrogen) atoms. The van der Waals surface area contributed by atoms with Crippen LogP contribution in [-0.2, 0) is 6.61 Å². The van der Waals surface area contributed by atoms with Crippen molar-refractivity contribution in [3.63, 3.8) is 0 Å². The first-order valence-electron chi connectivity index (χ1n) is 10.9. The molecule has 5 nitrogen and oxygen atoms in total. The molecule has 0 spiro atoms. The van der Waals surface area contributed by atoms with Crippen molar-refractivity contribution in [2.45, 2.75) is 32.8 Å². The SMILES string of the molecule is CC[C@H](C)c1nc2ccc(Br)cc2c(=O)n1N=Cc1cc(Cl)c(OCc2ccc(Br)cc2)c(Br)c1. The number of benzene rings is 3. The predicted octanol–water partition coefficient (Wildman–Crippen LogP) is 8.31. The molecule has 0 aliphatic rings. The normalized spacial score (nSPS) is 12.4. The summed E-state index contributed by atoms with van der Waals surface area (Å²) in [6.45, 7) is 4.47. The zero-order chi connectivity index (χ0) is 25.1. The quantitative estimate of drug-likeness (QED) is 0.184. The van der Waals surface area contributed by atoms with Crippen LogP contribution in [0, 0.1) is 0 Å². The largest absolute Gasteiger partial charge is 0.486 e. The number of fused-ring (bicyclic) bond motifs is 1. The Labute approximate surface area is 233 Å². The molecule has 1 atom stereocenters. The highest BCUT2D eigenvalue weighted by Crippen LogP contribution is 2.35. The van der Waals surface area contributed by atoms with Gasteiger partial charge in [0.1, 0.15) is 12.4 Å². The third-order valence-electron chi connectivity index (χ3n) is 5.53. The van der Waals surface area contributed by atoms with E-state index in [0.29, 0.717) is 44.1 Å². The average Bonchev–Trinajstić information content (AvgIpc) is 2.83. The van der Waals surface area contributed by atoms with E-state index in [0.717, 1.165) is 20.9 Å². The molecule has 9 heteroatoms. The van der Waals surface area contributed by atoms with E-state index < -0.39 is 0 Å². The second-order valence-corrected chi connectivity index (χ2v) is 11.1. The van der Waals surface area contributed by atoms with Gasteiger partial charge in [-0.05, 0) is 75.9 Å². The summed E-state index contributed by atoms with van der Waals surface area (Å²) in [6.07, 6.45) is 2.43. The summed E-state index contributed by atoms with van der Waals surface area (Å²) in [5.74, 6) is 1.21. The van der Waals surface area contributed by atoms with Crippen molar-refractivity contribution in [3.05, 3.63) is 100 Å². The maximum absolute atomic E-state index is 13.3. The van der Waals surface area contributed by atoms with E-state index in [1.807, 2.05) is 49.4 Å². The lowest BCUT2D eigenvalue weighted by Crippen LogP contribution is -2.23. The van der Waals surface area contributed by atoms with Gasteiger partial charge in [-0.3, -0.25) is 4.79 Å². The monoisotopic (exact) mass is 679 g/mol. The fourth-order valence-corrected chi connectivity index (χ4v) is 5.05. The van der Waals surface area contributed by atoms with Crippen LogP contribution in [0.4, 0.5) is 0 Å².